The summed E-state index contributed by atoms with van der Waals surface area (Å²) in [5.74, 6) is -0.626. The van der Waals surface area contributed by atoms with Gasteiger partial charge in [-0.2, -0.15) is 5.26 Å². The number of methoxy groups -OCH3 is 1. The fourth-order valence-electron chi connectivity index (χ4n) is 1.34. The molecule has 0 aliphatic heterocycles. The molecule has 1 unspecified atom stereocenters. The van der Waals surface area contributed by atoms with Crippen LogP contribution in [0.2, 0.25) is 0 Å². The number of nitrogens with zero attached hydrogens (tertiary/aromatic N) is 1. The third-order valence-corrected chi connectivity index (χ3v) is 2.74. The molecule has 0 radical (unpaired) electrons. The van der Waals surface area contributed by atoms with Gasteiger partial charge in [0.05, 0.1) is 12.7 Å². The van der Waals surface area contributed by atoms with Gasteiger partial charge < -0.3 is 15.4 Å². The highest BCUT2D eigenvalue weighted by molar-refractivity contribution is 5.92. The highest BCUT2D eigenvalue weighted by Crippen LogP contribution is 2.45. The lowest BCUT2D eigenvalue weighted by molar-refractivity contribution is -0.130. The molecule has 1 aliphatic carbocycles. The van der Waals surface area contributed by atoms with Gasteiger partial charge >= 0.3 is 0 Å². The lowest BCUT2D eigenvalue weighted by Crippen LogP contribution is -2.47. The Balaban J connectivity index is 2.34. The number of hydrogen-bond acceptors (Lipinski definition) is 4. The van der Waals surface area contributed by atoms with Gasteiger partial charge in [-0.3, -0.25) is 9.59 Å². The summed E-state index contributed by atoms with van der Waals surface area (Å²) in [7, 11) is 1.54. The molecular formula is C11H17N3O3. The summed E-state index contributed by atoms with van der Waals surface area (Å²) in [6.45, 7) is 2.42. The summed E-state index contributed by atoms with van der Waals surface area (Å²) >= 11 is 0. The first-order valence-electron chi connectivity index (χ1n) is 5.54. The minimum atomic E-state index is -0.888. The average molecular weight is 239 g/mol. The van der Waals surface area contributed by atoms with Crippen molar-refractivity contribution in [2.24, 2.45) is 5.41 Å². The molecule has 2 amide bonds. The van der Waals surface area contributed by atoms with Crippen molar-refractivity contribution < 1.29 is 14.3 Å². The van der Waals surface area contributed by atoms with Crippen LogP contribution in [0.5, 0.6) is 0 Å². The summed E-state index contributed by atoms with van der Waals surface area (Å²) < 4.78 is 4.79. The van der Waals surface area contributed by atoms with E-state index in [-0.39, 0.29) is 11.8 Å². The van der Waals surface area contributed by atoms with E-state index in [1.54, 1.807) is 14.0 Å². The number of ether oxygens (including phenoxy) is 1. The van der Waals surface area contributed by atoms with Crippen LogP contribution >= 0.6 is 0 Å². The van der Waals surface area contributed by atoms with Crippen LogP contribution in [0.4, 0.5) is 0 Å². The van der Waals surface area contributed by atoms with E-state index in [1.165, 1.54) is 0 Å². The number of carbonyl (C=O) groups excluding carboxylic acids is 2. The van der Waals surface area contributed by atoms with Gasteiger partial charge in [0.15, 0.2) is 0 Å². The second kappa shape index (κ2) is 5.64. The Morgan fingerprint density at radius 3 is 2.65 bits per heavy atom. The minimum absolute atomic E-state index is 0.274. The summed E-state index contributed by atoms with van der Waals surface area (Å²) in [5.41, 5.74) is -0.888. The summed E-state index contributed by atoms with van der Waals surface area (Å²) in [6, 6.07) is 1.35. The third kappa shape index (κ3) is 3.43. The number of amides is 2. The fourth-order valence-corrected chi connectivity index (χ4v) is 1.34. The highest BCUT2D eigenvalue weighted by Gasteiger charge is 2.51. The lowest BCUT2D eigenvalue weighted by Gasteiger charge is -2.15. The molecule has 0 bridgehead atoms. The van der Waals surface area contributed by atoms with E-state index in [1.807, 2.05) is 6.07 Å². The van der Waals surface area contributed by atoms with Crippen LogP contribution in [0.3, 0.4) is 0 Å². The van der Waals surface area contributed by atoms with Crippen molar-refractivity contribution in [3.8, 4) is 6.07 Å². The third-order valence-electron chi connectivity index (χ3n) is 2.74. The number of hydrogen-bond donors (Lipinski definition) is 2. The SMILES string of the molecule is COCCNC(=O)C(C)NC(=O)C1(C#N)CC1. The van der Waals surface area contributed by atoms with Gasteiger partial charge in [0.2, 0.25) is 11.8 Å². The van der Waals surface area contributed by atoms with Crippen molar-refractivity contribution in [3.05, 3.63) is 0 Å². The van der Waals surface area contributed by atoms with Gasteiger partial charge in [-0.15, -0.1) is 0 Å². The van der Waals surface area contributed by atoms with Crippen molar-refractivity contribution in [3.63, 3.8) is 0 Å². The van der Waals surface area contributed by atoms with E-state index in [0.717, 1.165) is 0 Å². The molecule has 0 spiro atoms. The summed E-state index contributed by atoms with van der Waals surface area (Å²) in [5, 5.41) is 14.0. The van der Waals surface area contributed by atoms with Crippen LogP contribution in [0.1, 0.15) is 19.8 Å². The maximum atomic E-state index is 11.7. The Bertz CT molecular complexity index is 344. The Kier molecular flexibility index (Phi) is 4.46. The quantitative estimate of drug-likeness (QED) is 0.614. The van der Waals surface area contributed by atoms with Crippen LogP contribution < -0.4 is 10.6 Å². The van der Waals surface area contributed by atoms with E-state index in [0.29, 0.717) is 26.0 Å². The van der Waals surface area contributed by atoms with Crippen LogP contribution in [-0.2, 0) is 14.3 Å². The van der Waals surface area contributed by atoms with Gasteiger partial charge in [-0.05, 0) is 19.8 Å². The molecule has 1 saturated carbocycles. The molecule has 1 fully saturated rings. The van der Waals surface area contributed by atoms with Gasteiger partial charge in [0.25, 0.3) is 0 Å². The van der Waals surface area contributed by atoms with Crippen molar-refractivity contribution in [1.82, 2.24) is 10.6 Å². The average Bonchev–Trinajstić information content (AvgIpc) is 3.09. The first-order valence-corrected chi connectivity index (χ1v) is 5.54. The molecule has 0 aromatic heterocycles. The molecule has 6 heteroatoms. The second-order valence-electron chi connectivity index (χ2n) is 4.17. The lowest BCUT2D eigenvalue weighted by atomic mass is 10.1. The van der Waals surface area contributed by atoms with Crippen molar-refractivity contribution in [2.45, 2.75) is 25.8 Å². The van der Waals surface area contributed by atoms with E-state index in [2.05, 4.69) is 10.6 Å². The fraction of sp³-hybridized carbons (Fsp3) is 0.727. The molecule has 1 atom stereocenters. The van der Waals surface area contributed by atoms with Crippen LogP contribution in [-0.4, -0.2) is 38.1 Å². The largest absolute Gasteiger partial charge is 0.383 e. The molecule has 0 aromatic rings. The summed E-state index contributed by atoms with van der Waals surface area (Å²) in [4.78, 5) is 23.2. The molecule has 17 heavy (non-hydrogen) atoms. The van der Waals surface area contributed by atoms with Crippen molar-refractivity contribution in [2.75, 3.05) is 20.3 Å². The first-order chi connectivity index (χ1) is 8.05. The molecule has 1 rings (SSSR count). The molecule has 1 aliphatic rings. The zero-order valence-electron chi connectivity index (χ0n) is 10.1. The van der Waals surface area contributed by atoms with Crippen LogP contribution in [0, 0.1) is 16.7 Å². The van der Waals surface area contributed by atoms with Gasteiger partial charge in [-0.25, -0.2) is 0 Å². The standard InChI is InChI=1S/C11H17N3O3/c1-8(9(15)13-5-6-17-2)14-10(16)11(7-12)3-4-11/h8H,3-6H2,1-2H3,(H,13,15)(H,14,16). The van der Waals surface area contributed by atoms with E-state index < -0.39 is 11.5 Å². The minimum Gasteiger partial charge on any atom is -0.383 e. The Hall–Kier alpha value is -1.61. The van der Waals surface area contributed by atoms with Crippen LogP contribution in [0.25, 0.3) is 0 Å². The Labute approximate surface area is 100 Å². The van der Waals surface area contributed by atoms with Crippen molar-refractivity contribution >= 4 is 11.8 Å². The second-order valence-corrected chi connectivity index (χ2v) is 4.17. The normalized spacial score (nSPS) is 17.7. The molecule has 2 N–H and O–H groups in total. The maximum Gasteiger partial charge on any atom is 0.242 e. The van der Waals surface area contributed by atoms with Crippen molar-refractivity contribution in [1.29, 1.82) is 5.26 Å². The maximum absolute atomic E-state index is 11.7. The zero-order valence-corrected chi connectivity index (χ0v) is 10.1. The molecule has 0 aromatic carbocycles. The zero-order chi connectivity index (χ0) is 12.9. The molecule has 6 nitrogen and oxygen atoms in total. The van der Waals surface area contributed by atoms with Gasteiger partial charge in [0, 0.05) is 13.7 Å². The highest BCUT2D eigenvalue weighted by atomic mass is 16.5. The first kappa shape index (κ1) is 13.5. The van der Waals surface area contributed by atoms with Gasteiger partial charge in [-0.1, -0.05) is 0 Å². The van der Waals surface area contributed by atoms with E-state index in [4.69, 9.17) is 10.00 Å². The topological polar surface area (TPSA) is 91.2 Å². The van der Waals surface area contributed by atoms with Gasteiger partial charge in [0.1, 0.15) is 11.5 Å². The molecular weight excluding hydrogens is 222 g/mol. The number of rotatable bonds is 6. The number of nitrogens with one attached hydrogen (secondary N) is 2. The number of carbonyl (C=O) groups is 2. The predicted molar refractivity (Wildman–Crippen MR) is 59.8 cm³/mol. The Morgan fingerprint density at radius 1 is 1.53 bits per heavy atom. The molecule has 94 valence electrons. The van der Waals surface area contributed by atoms with E-state index >= 15 is 0 Å². The van der Waals surface area contributed by atoms with Crippen LogP contribution in [0.15, 0.2) is 0 Å². The monoisotopic (exact) mass is 239 g/mol. The Morgan fingerprint density at radius 2 is 2.18 bits per heavy atom. The van der Waals surface area contributed by atoms with E-state index in [9.17, 15) is 9.59 Å². The summed E-state index contributed by atoms with van der Waals surface area (Å²) in [6.07, 6.45) is 1.15. The predicted octanol–water partition coefficient (Wildman–Crippen LogP) is -0.443. The number of nitriles is 1. The molecule has 0 saturated heterocycles. The molecule has 0 heterocycles. The smallest absolute Gasteiger partial charge is 0.242 e.